The number of hydrogen-bond donors (Lipinski definition) is 3. The zero-order valence-electron chi connectivity index (χ0n) is 17.5. The number of hydrogen-bond acceptors (Lipinski definition) is 2. The van der Waals surface area contributed by atoms with Gasteiger partial charge in [-0.05, 0) is 43.9 Å². The van der Waals surface area contributed by atoms with Crippen LogP contribution in [0.4, 0.5) is 4.39 Å². The fraction of sp³-hybridized carbons (Fsp3) is 0.682. The Labute approximate surface area is 168 Å². The number of rotatable bonds is 6. The lowest BCUT2D eigenvalue weighted by Gasteiger charge is -2.35. The number of carbonyl (C=O) groups is 1. The quantitative estimate of drug-likeness (QED) is 0.647. The molecule has 28 heavy (non-hydrogen) atoms. The lowest BCUT2D eigenvalue weighted by atomic mass is 9.86. The smallest absolute Gasteiger partial charge is 0.278 e. The summed E-state index contributed by atoms with van der Waals surface area (Å²) in [5.74, 6) is 1.31. The van der Waals surface area contributed by atoms with E-state index in [4.69, 9.17) is 4.74 Å². The van der Waals surface area contributed by atoms with Crippen molar-refractivity contribution < 1.29 is 23.7 Å². The van der Waals surface area contributed by atoms with E-state index in [0.29, 0.717) is 12.0 Å². The van der Waals surface area contributed by atoms with Crippen LogP contribution in [-0.2, 0) is 11.3 Å². The van der Waals surface area contributed by atoms with Crippen LogP contribution < -0.4 is 19.9 Å². The first-order chi connectivity index (χ1) is 13.5. The maximum Gasteiger partial charge on any atom is 0.278 e. The van der Waals surface area contributed by atoms with E-state index in [0.717, 1.165) is 50.5 Å². The molecule has 1 aliphatic heterocycles. The lowest BCUT2D eigenvalue weighted by Crippen LogP contribution is -3.29. The average molecular weight is 394 g/mol. The van der Waals surface area contributed by atoms with Crippen molar-refractivity contribution in [3.63, 3.8) is 0 Å². The van der Waals surface area contributed by atoms with Gasteiger partial charge in [-0.3, -0.25) is 4.79 Å². The van der Waals surface area contributed by atoms with E-state index < -0.39 is 0 Å². The van der Waals surface area contributed by atoms with Gasteiger partial charge in [0.2, 0.25) is 0 Å². The van der Waals surface area contributed by atoms with Crippen molar-refractivity contribution in [1.82, 2.24) is 5.32 Å². The number of halogens is 1. The second-order valence-corrected chi connectivity index (χ2v) is 8.64. The number of carbonyl (C=O) groups excluding carboxylic acids is 1. The number of quaternary nitrogens is 2. The van der Waals surface area contributed by atoms with Crippen LogP contribution in [0.2, 0.25) is 0 Å². The third-order valence-corrected chi connectivity index (χ3v) is 6.73. The average Bonchev–Trinajstić information content (AvgIpc) is 2.70. The van der Waals surface area contributed by atoms with Gasteiger partial charge in [-0.2, -0.15) is 0 Å². The first kappa shape index (κ1) is 21.1. The number of ether oxygens (including phenoxy) is 1. The minimum Gasteiger partial charge on any atom is -0.496 e. The highest BCUT2D eigenvalue weighted by Crippen LogP contribution is 2.23. The molecule has 2 fully saturated rings. The van der Waals surface area contributed by atoms with Crippen molar-refractivity contribution in [1.29, 1.82) is 0 Å². The number of methoxy groups -OCH3 is 1. The molecule has 0 radical (unpaired) electrons. The highest BCUT2D eigenvalue weighted by molar-refractivity contribution is 5.80. The van der Waals surface area contributed by atoms with Gasteiger partial charge in [0.15, 0.2) is 6.04 Å². The van der Waals surface area contributed by atoms with Gasteiger partial charge < -0.3 is 19.9 Å². The summed E-state index contributed by atoms with van der Waals surface area (Å²) in [5.41, 5.74) is 0.915. The van der Waals surface area contributed by atoms with E-state index in [1.54, 1.807) is 19.2 Å². The molecule has 0 spiro atoms. The first-order valence-corrected chi connectivity index (χ1v) is 10.8. The topological polar surface area (TPSA) is 47.2 Å². The predicted molar refractivity (Wildman–Crippen MR) is 107 cm³/mol. The third kappa shape index (κ3) is 5.23. The highest BCUT2D eigenvalue weighted by Gasteiger charge is 2.33. The molecular formula is C22H36FN3O2+2. The number of piperazine rings is 1. The molecular weight excluding hydrogens is 357 g/mol. The van der Waals surface area contributed by atoms with Gasteiger partial charge in [0, 0.05) is 6.04 Å². The number of nitrogens with one attached hydrogen (secondary N) is 3. The number of benzene rings is 1. The molecule has 1 aromatic rings. The van der Waals surface area contributed by atoms with Crippen molar-refractivity contribution in [2.75, 3.05) is 33.3 Å². The van der Waals surface area contributed by atoms with Gasteiger partial charge >= 0.3 is 0 Å². The summed E-state index contributed by atoms with van der Waals surface area (Å²) in [6, 6.07) is 5.04. The largest absolute Gasteiger partial charge is 0.496 e. The van der Waals surface area contributed by atoms with Crippen molar-refractivity contribution in [2.45, 2.75) is 58.2 Å². The standard InChI is InChI=1S/C22H34FN3O2/c1-16-6-4-5-7-20(16)24-22(27)17(2)26-12-10-25(11-13-26)15-18-14-19(23)8-9-21(18)28-3/h8-9,14,16-17,20H,4-7,10-13,15H2,1-3H3,(H,24,27)/p+2/t16-,17-,20+/m1/s1. The molecule has 0 bridgehead atoms. The van der Waals surface area contributed by atoms with Gasteiger partial charge in [0.25, 0.3) is 5.91 Å². The maximum absolute atomic E-state index is 13.6. The van der Waals surface area contributed by atoms with Crippen LogP contribution in [0.5, 0.6) is 5.75 Å². The Morgan fingerprint density at radius 3 is 2.64 bits per heavy atom. The van der Waals surface area contributed by atoms with Gasteiger partial charge in [-0.15, -0.1) is 0 Å². The molecule has 156 valence electrons. The summed E-state index contributed by atoms with van der Waals surface area (Å²) in [4.78, 5) is 15.5. The Morgan fingerprint density at radius 1 is 1.25 bits per heavy atom. The molecule has 6 heteroatoms. The monoisotopic (exact) mass is 393 g/mol. The molecule has 3 atom stereocenters. The van der Waals surface area contributed by atoms with Gasteiger partial charge in [0.1, 0.15) is 44.3 Å². The molecule has 1 saturated carbocycles. The molecule has 0 aromatic heterocycles. The third-order valence-electron chi connectivity index (χ3n) is 6.73. The van der Waals surface area contributed by atoms with Crippen LogP contribution in [0.1, 0.15) is 45.1 Å². The molecule has 1 aliphatic carbocycles. The lowest BCUT2D eigenvalue weighted by molar-refractivity contribution is -1.02. The van der Waals surface area contributed by atoms with Crippen LogP contribution in [0.3, 0.4) is 0 Å². The normalized spacial score (nSPS) is 29.1. The highest BCUT2D eigenvalue weighted by atomic mass is 19.1. The SMILES string of the molecule is COc1ccc(F)cc1C[NH+]1CC[NH+]([C@H](C)C(=O)N[C@H]2CCCC[C@H]2C)CC1. The zero-order chi connectivity index (χ0) is 20.1. The summed E-state index contributed by atoms with van der Waals surface area (Å²) in [6.07, 6.45) is 4.84. The van der Waals surface area contributed by atoms with E-state index in [-0.39, 0.29) is 17.8 Å². The Hall–Kier alpha value is -1.66. The van der Waals surface area contributed by atoms with Gasteiger partial charge in [0.05, 0.1) is 12.7 Å². The fourth-order valence-electron chi connectivity index (χ4n) is 4.71. The zero-order valence-corrected chi connectivity index (χ0v) is 17.5. The second-order valence-electron chi connectivity index (χ2n) is 8.64. The first-order valence-electron chi connectivity index (χ1n) is 10.8. The molecule has 2 aliphatic rings. The van der Waals surface area contributed by atoms with Crippen molar-refractivity contribution in [2.24, 2.45) is 5.92 Å². The van der Waals surface area contributed by atoms with Crippen molar-refractivity contribution in [3.05, 3.63) is 29.6 Å². The molecule has 1 heterocycles. The Morgan fingerprint density at radius 2 is 1.96 bits per heavy atom. The van der Waals surface area contributed by atoms with Crippen molar-refractivity contribution >= 4 is 5.91 Å². The Kier molecular flexibility index (Phi) is 7.30. The molecule has 3 rings (SSSR count). The van der Waals surface area contributed by atoms with E-state index in [2.05, 4.69) is 19.2 Å². The van der Waals surface area contributed by atoms with Gasteiger partial charge in [-0.25, -0.2) is 4.39 Å². The second kappa shape index (κ2) is 9.70. The van der Waals surface area contributed by atoms with Crippen molar-refractivity contribution in [3.8, 4) is 5.75 Å². The van der Waals surface area contributed by atoms with E-state index in [9.17, 15) is 9.18 Å². The summed E-state index contributed by atoms with van der Waals surface area (Å²) in [7, 11) is 1.63. The summed E-state index contributed by atoms with van der Waals surface area (Å²) in [6.45, 7) is 8.94. The molecule has 1 aromatic carbocycles. The van der Waals surface area contributed by atoms with E-state index in [1.165, 1.54) is 35.1 Å². The van der Waals surface area contributed by atoms with Crippen LogP contribution in [0.25, 0.3) is 0 Å². The summed E-state index contributed by atoms with van der Waals surface area (Å²) < 4.78 is 19.0. The maximum atomic E-state index is 13.6. The van der Waals surface area contributed by atoms with Crippen LogP contribution in [0.15, 0.2) is 18.2 Å². The molecule has 1 saturated heterocycles. The van der Waals surface area contributed by atoms with Crippen LogP contribution in [-0.4, -0.2) is 51.3 Å². The minimum atomic E-state index is -0.221. The number of amides is 1. The van der Waals surface area contributed by atoms with Gasteiger partial charge in [-0.1, -0.05) is 19.8 Å². The van der Waals surface area contributed by atoms with Crippen LogP contribution in [0, 0.1) is 11.7 Å². The summed E-state index contributed by atoms with van der Waals surface area (Å²) in [5, 5.41) is 3.31. The molecule has 0 unspecified atom stereocenters. The van der Waals surface area contributed by atoms with E-state index >= 15 is 0 Å². The Bertz CT molecular complexity index is 661. The predicted octanol–water partition coefficient (Wildman–Crippen LogP) is 0.201. The molecule has 5 nitrogen and oxygen atoms in total. The fourth-order valence-corrected chi connectivity index (χ4v) is 4.71. The van der Waals surface area contributed by atoms with Crippen LogP contribution >= 0.6 is 0 Å². The Balaban J connectivity index is 1.49. The molecule has 1 amide bonds. The van der Waals surface area contributed by atoms with E-state index in [1.807, 2.05) is 0 Å². The molecule has 3 N–H and O–H groups in total. The summed E-state index contributed by atoms with van der Waals surface area (Å²) >= 11 is 0. The minimum absolute atomic E-state index is 0.0145.